The first-order valence-corrected chi connectivity index (χ1v) is 35.1. The van der Waals surface area contributed by atoms with Gasteiger partial charge in [0.2, 0.25) is 0 Å². The molecule has 12 rings (SSSR count). The molecular weight excluding hydrogens is 1090 g/mol. The van der Waals surface area contributed by atoms with Gasteiger partial charge in [0, 0.05) is 51.1 Å². The van der Waals surface area contributed by atoms with Crippen LogP contribution in [0.25, 0.3) is 51.3 Å². The van der Waals surface area contributed by atoms with Gasteiger partial charge in [-0.25, -0.2) is 0 Å². The molecule has 4 nitrogen and oxygen atoms in total. The minimum Gasteiger partial charge on any atom is -0.463 e. The molecule has 2 heterocycles. The predicted molar refractivity (Wildman–Crippen MR) is 394 cm³/mol. The fourth-order valence-electron chi connectivity index (χ4n) is 14.5. The number of nitrogens with zero attached hydrogens (tertiary/aromatic N) is 1. The highest BCUT2D eigenvalue weighted by atomic mass is 16.3. The minimum atomic E-state index is -0.131. The third-order valence-electron chi connectivity index (χ3n) is 18.7. The van der Waals surface area contributed by atoms with E-state index in [0.29, 0.717) is 29.6 Å². The fraction of sp³-hybridized carbons (Fsp3) is 0.372. The predicted octanol–water partition coefficient (Wildman–Crippen LogP) is 25.9. The molecule has 0 spiro atoms. The van der Waals surface area contributed by atoms with Gasteiger partial charge in [0.25, 0.3) is 0 Å². The molecular formula is C86H106N2O2. The van der Waals surface area contributed by atoms with Crippen LogP contribution in [0.2, 0.25) is 0 Å². The van der Waals surface area contributed by atoms with E-state index in [1.54, 1.807) is 0 Å². The van der Waals surface area contributed by atoms with Crippen LogP contribution in [-0.4, -0.2) is 0 Å². The minimum absolute atomic E-state index is 0.131. The van der Waals surface area contributed by atoms with Crippen LogP contribution < -0.4 is 10.2 Å². The van der Waals surface area contributed by atoms with Crippen molar-refractivity contribution in [1.29, 1.82) is 0 Å². The summed E-state index contributed by atoms with van der Waals surface area (Å²) in [6, 6.07) is 37.7. The van der Waals surface area contributed by atoms with Crippen molar-refractivity contribution in [2.24, 2.45) is 29.6 Å². The highest BCUT2D eigenvalue weighted by Gasteiger charge is 2.42. The van der Waals surface area contributed by atoms with E-state index in [1.807, 2.05) is 61.5 Å². The van der Waals surface area contributed by atoms with Gasteiger partial charge in [-0.2, -0.15) is 0 Å². The van der Waals surface area contributed by atoms with Gasteiger partial charge < -0.3 is 19.1 Å². The van der Waals surface area contributed by atoms with Crippen molar-refractivity contribution in [2.45, 2.75) is 179 Å². The van der Waals surface area contributed by atoms with E-state index in [2.05, 4.69) is 246 Å². The lowest BCUT2D eigenvalue weighted by molar-refractivity contribution is 0.353. The lowest BCUT2D eigenvalue weighted by Crippen LogP contribution is -2.35. The number of fused-ring (bicyclic) bond motifs is 6. The lowest BCUT2D eigenvalue weighted by atomic mass is 9.66. The van der Waals surface area contributed by atoms with Crippen LogP contribution in [0.5, 0.6) is 0 Å². The average molecular weight is 1200 g/mol. The Morgan fingerprint density at radius 2 is 1.40 bits per heavy atom. The molecule has 5 aliphatic rings. The maximum atomic E-state index is 7.40. The third-order valence-corrected chi connectivity index (χ3v) is 18.7. The molecule has 6 atom stereocenters. The average Bonchev–Trinajstić information content (AvgIpc) is 1.42. The molecule has 1 saturated carbocycles. The van der Waals surface area contributed by atoms with Gasteiger partial charge in [-0.3, -0.25) is 0 Å². The number of allylic oxidation sites excluding steroid dienone is 14. The second-order valence-corrected chi connectivity index (χ2v) is 23.7. The van der Waals surface area contributed by atoms with Crippen LogP contribution in [0.3, 0.4) is 0 Å². The molecule has 1 N–H and O–H groups in total. The molecule has 0 amide bonds. The monoisotopic (exact) mass is 1200 g/mol. The van der Waals surface area contributed by atoms with E-state index < -0.39 is 0 Å². The van der Waals surface area contributed by atoms with Gasteiger partial charge >= 0.3 is 0 Å². The highest BCUT2D eigenvalue weighted by molar-refractivity contribution is 6.12. The summed E-state index contributed by atoms with van der Waals surface area (Å²) in [5, 5.41) is 6.55. The maximum absolute atomic E-state index is 7.40. The summed E-state index contributed by atoms with van der Waals surface area (Å²) in [5.41, 5.74) is 19.2. The molecule has 1 fully saturated rings. The molecule has 0 saturated heterocycles. The number of benzene rings is 5. The first-order valence-electron chi connectivity index (χ1n) is 35.1. The summed E-state index contributed by atoms with van der Waals surface area (Å²) in [6.07, 6.45) is 50.1. The smallest absolute Gasteiger partial charge is 0.159 e. The summed E-state index contributed by atoms with van der Waals surface area (Å²) < 4.78 is 14.7. The number of hydrogen-bond acceptors (Lipinski definition) is 4. The fourth-order valence-corrected chi connectivity index (χ4v) is 14.5. The van der Waals surface area contributed by atoms with Gasteiger partial charge in [0.1, 0.15) is 23.1 Å². The van der Waals surface area contributed by atoms with Gasteiger partial charge in [0.05, 0.1) is 17.1 Å². The van der Waals surface area contributed by atoms with Crippen molar-refractivity contribution in [3.05, 3.63) is 250 Å². The number of hydrogen-bond donors (Lipinski definition) is 1. The quantitative estimate of drug-likeness (QED) is 0.0923. The topological polar surface area (TPSA) is 41.6 Å². The van der Waals surface area contributed by atoms with E-state index in [0.717, 1.165) is 108 Å². The Balaban J connectivity index is 0.00000126. The summed E-state index contributed by atoms with van der Waals surface area (Å²) in [4.78, 5) is 2.48. The van der Waals surface area contributed by atoms with Crippen molar-refractivity contribution in [1.82, 2.24) is 5.32 Å². The summed E-state index contributed by atoms with van der Waals surface area (Å²) in [7, 11) is 0. The summed E-state index contributed by atoms with van der Waals surface area (Å²) >= 11 is 0. The van der Waals surface area contributed by atoms with E-state index in [4.69, 9.17) is 8.83 Å². The third kappa shape index (κ3) is 14.7. The molecule has 472 valence electrons. The molecule has 0 aliphatic heterocycles. The van der Waals surface area contributed by atoms with Gasteiger partial charge in [-0.05, 0) is 126 Å². The van der Waals surface area contributed by atoms with Crippen LogP contribution in [0, 0.1) is 29.6 Å². The van der Waals surface area contributed by atoms with Gasteiger partial charge in [-0.15, -0.1) is 6.58 Å². The maximum Gasteiger partial charge on any atom is 0.159 e. The van der Waals surface area contributed by atoms with Crippen LogP contribution >= 0.6 is 0 Å². The number of anilines is 3. The zero-order chi connectivity index (χ0) is 64.1. The first-order chi connectivity index (χ1) is 44.4. The summed E-state index contributed by atoms with van der Waals surface area (Å²) in [6.45, 7) is 31.7. The van der Waals surface area contributed by atoms with Gasteiger partial charge in [-0.1, -0.05) is 298 Å². The Morgan fingerprint density at radius 3 is 2.13 bits per heavy atom. The molecule has 2 bridgehead atoms. The number of para-hydroxylation sites is 3. The Kier molecular flexibility index (Phi) is 25.6. The standard InChI is InChI=1S/C78H82N2O2.4C2H6/c1-7-11-14-40-64-69-51-68-53(6)46-48-65(60-37-22-19-29-52(60)5)74(68)75(78(69)81-73(64)50-54-30-20-21-31-54)79-58-35-17-13-18-39-63-59(10-4)57(34-25-36-58)47-49-71(63)80(70-44-24-23-38-61(70)56-32-15-12-16-33-56)72-45-27-43-67-66-42-26-41-62(55(9-3)28-8-2)76(66)82-77(67)72;4*1-2/h7,12,14-19,22-27,29,32-49,52-55,60,65,75,79H,1,8-11,13,20-21,28,30-31,50-51H2,2-6H3;4*1-2H3/b34-25-,35-17-,39-18-,40-14-,58-36-;;;;. The lowest BCUT2D eigenvalue weighted by Gasteiger charge is -2.41. The largest absolute Gasteiger partial charge is 0.463 e. The number of rotatable bonds is 17. The Hall–Kier alpha value is -7.82. The van der Waals surface area contributed by atoms with E-state index in [-0.39, 0.29) is 12.0 Å². The second kappa shape index (κ2) is 33.8. The second-order valence-electron chi connectivity index (χ2n) is 23.7. The van der Waals surface area contributed by atoms with Crippen LogP contribution in [-0.2, 0) is 19.3 Å². The molecule has 0 radical (unpaired) electrons. The van der Waals surface area contributed by atoms with E-state index in [1.165, 1.54) is 81.2 Å². The molecule has 7 aromatic rings. The van der Waals surface area contributed by atoms with Gasteiger partial charge in [0.15, 0.2) is 5.58 Å². The molecule has 5 aromatic carbocycles. The molecule has 90 heavy (non-hydrogen) atoms. The molecule has 2 aromatic heterocycles. The van der Waals surface area contributed by atoms with Crippen LogP contribution in [0.1, 0.15) is 205 Å². The van der Waals surface area contributed by atoms with Crippen molar-refractivity contribution < 1.29 is 8.83 Å². The zero-order valence-corrected chi connectivity index (χ0v) is 57.1. The van der Waals surface area contributed by atoms with E-state index in [9.17, 15) is 0 Å². The first kappa shape index (κ1) is 68.1. The van der Waals surface area contributed by atoms with Crippen molar-refractivity contribution in [2.75, 3.05) is 4.90 Å². The SMILES string of the molecule is C=CC/C=C\c1c(CC2CCCC2)oc2c1CC1=C(C2NC2=C\C=C/c3ccc(N(c4ccccc4-c4ccccc4)c4cccc5c4oc4c(C(CC)CCC)cccc45)c(c3CC)/C=C\C/C=C\2)C(C2C=CC=CC2C)C=CC1C.CC.CC.CC.CC. The van der Waals surface area contributed by atoms with Crippen molar-refractivity contribution in [3.8, 4) is 11.1 Å². The number of nitrogens with one attached hydrogen (secondary N) is 1. The van der Waals surface area contributed by atoms with Crippen molar-refractivity contribution >= 4 is 57.2 Å². The van der Waals surface area contributed by atoms with Crippen LogP contribution in [0.4, 0.5) is 17.1 Å². The Bertz CT molecular complexity index is 3760. The zero-order valence-electron chi connectivity index (χ0n) is 57.1. The van der Waals surface area contributed by atoms with Crippen LogP contribution in [0.15, 0.2) is 214 Å². The molecule has 6 unspecified atom stereocenters. The number of furan rings is 2. The molecule has 5 aliphatic carbocycles. The Morgan fingerprint density at radius 1 is 0.689 bits per heavy atom. The normalized spacial score (nSPS) is 21.0. The van der Waals surface area contributed by atoms with E-state index >= 15 is 0 Å². The highest BCUT2D eigenvalue weighted by Crippen LogP contribution is 2.52. The Labute approximate surface area is 543 Å². The van der Waals surface area contributed by atoms with Crippen molar-refractivity contribution in [3.63, 3.8) is 0 Å². The summed E-state index contributed by atoms with van der Waals surface area (Å²) in [5.74, 6) is 4.68. The molecule has 4 heteroatoms.